The maximum Gasteiger partial charge on any atom is 0.126 e. The van der Waals surface area contributed by atoms with E-state index < -0.39 is 0 Å². The molecule has 1 aromatic carbocycles. The highest BCUT2D eigenvalue weighted by Crippen LogP contribution is 2.32. The number of pyridine rings is 1. The Kier molecular flexibility index (Phi) is 3.56. The molecule has 0 fully saturated rings. The molecule has 19 heavy (non-hydrogen) atoms. The Morgan fingerprint density at radius 2 is 2.16 bits per heavy atom. The van der Waals surface area contributed by atoms with Gasteiger partial charge in [-0.15, -0.1) is 0 Å². The number of anilines is 1. The van der Waals surface area contributed by atoms with E-state index in [2.05, 4.69) is 63.5 Å². The SMILES string of the molecule is Cc1cc(NC2CCCc3ccccc32)ncc1Br. The van der Waals surface area contributed by atoms with E-state index in [0.29, 0.717) is 6.04 Å². The lowest BCUT2D eigenvalue weighted by atomic mass is 9.88. The van der Waals surface area contributed by atoms with Crippen LogP contribution in [0.3, 0.4) is 0 Å². The van der Waals surface area contributed by atoms with E-state index in [0.717, 1.165) is 10.3 Å². The van der Waals surface area contributed by atoms with Crippen LogP contribution in [0.1, 0.15) is 35.6 Å². The standard InChI is InChI=1S/C16H17BrN2/c1-11-9-16(18-10-14(11)17)19-15-8-4-6-12-5-2-3-7-13(12)15/h2-3,5,7,9-10,15H,4,6,8H2,1H3,(H,18,19). The molecule has 0 spiro atoms. The van der Waals surface area contributed by atoms with Gasteiger partial charge in [0.25, 0.3) is 0 Å². The lowest BCUT2D eigenvalue weighted by Crippen LogP contribution is -2.17. The van der Waals surface area contributed by atoms with Crippen molar-refractivity contribution in [3.8, 4) is 0 Å². The second kappa shape index (κ2) is 5.33. The van der Waals surface area contributed by atoms with Crippen LogP contribution < -0.4 is 5.32 Å². The molecule has 3 heteroatoms. The number of fused-ring (bicyclic) bond motifs is 1. The molecule has 1 atom stereocenters. The van der Waals surface area contributed by atoms with Gasteiger partial charge in [0.1, 0.15) is 5.82 Å². The zero-order chi connectivity index (χ0) is 13.2. The zero-order valence-corrected chi connectivity index (χ0v) is 12.6. The van der Waals surface area contributed by atoms with Crippen molar-refractivity contribution in [1.82, 2.24) is 4.98 Å². The average molecular weight is 317 g/mol. The van der Waals surface area contributed by atoms with Crippen molar-refractivity contribution in [2.45, 2.75) is 32.2 Å². The van der Waals surface area contributed by atoms with Gasteiger partial charge in [-0.2, -0.15) is 0 Å². The van der Waals surface area contributed by atoms with Crippen LogP contribution in [-0.2, 0) is 6.42 Å². The third-order valence-electron chi connectivity index (χ3n) is 3.74. The lowest BCUT2D eigenvalue weighted by molar-refractivity contribution is 0.598. The van der Waals surface area contributed by atoms with Gasteiger partial charge in [-0.25, -0.2) is 4.98 Å². The Bertz CT molecular complexity index is 595. The van der Waals surface area contributed by atoms with Crippen LogP contribution >= 0.6 is 15.9 Å². The minimum atomic E-state index is 0.387. The largest absolute Gasteiger partial charge is 0.363 e. The summed E-state index contributed by atoms with van der Waals surface area (Å²) in [5.41, 5.74) is 4.11. The highest BCUT2D eigenvalue weighted by molar-refractivity contribution is 9.10. The molecular weight excluding hydrogens is 300 g/mol. The van der Waals surface area contributed by atoms with E-state index in [1.54, 1.807) is 0 Å². The number of hydrogen-bond acceptors (Lipinski definition) is 2. The van der Waals surface area contributed by atoms with Gasteiger partial charge in [-0.1, -0.05) is 24.3 Å². The smallest absolute Gasteiger partial charge is 0.126 e. The highest BCUT2D eigenvalue weighted by atomic mass is 79.9. The van der Waals surface area contributed by atoms with E-state index in [4.69, 9.17) is 0 Å². The predicted molar refractivity (Wildman–Crippen MR) is 82.4 cm³/mol. The molecule has 1 aliphatic carbocycles. The number of aromatic nitrogens is 1. The van der Waals surface area contributed by atoms with Gasteiger partial charge in [0.05, 0.1) is 6.04 Å². The minimum Gasteiger partial charge on any atom is -0.363 e. The quantitative estimate of drug-likeness (QED) is 0.872. The number of nitrogens with zero attached hydrogens (tertiary/aromatic N) is 1. The summed E-state index contributed by atoms with van der Waals surface area (Å²) < 4.78 is 1.06. The van der Waals surface area contributed by atoms with Gasteiger partial charge in [0, 0.05) is 10.7 Å². The molecule has 0 aliphatic heterocycles. The predicted octanol–water partition coefficient (Wildman–Crippen LogP) is 4.64. The van der Waals surface area contributed by atoms with Crippen molar-refractivity contribution in [2.75, 3.05) is 5.32 Å². The molecule has 1 heterocycles. The van der Waals surface area contributed by atoms with E-state index in [9.17, 15) is 0 Å². The Morgan fingerprint density at radius 3 is 3.00 bits per heavy atom. The fraction of sp³-hybridized carbons (Fsp3) is 0.312. The normalized spacial score (nSPS) is 17.9. The van der Waals surface area contributed by atoms with Crippen LogP contribution in [0.15, 0.2) is 41.0 Å². The van der Waals surface area contributed by atoms with Crippen LogP contribution in [0.2, 0.25) is 0 Å². The molecule has 3 rings (SSSR count). The van der Waals surface area contributed by atoms with E-state index in [1.165, 1.54) is 36.0 Å². The van der Waals surface area contributed by atoms with Crippen molar-refractivity contribution in [3.63, 3.8) is 0 Å². The lowest BCUT2D eigenvalue weighted by Gasteiger charge is -2.26. The zero-order valence-electron chi connectivity index (χ0n) is 11.0. The van der Waals surface area contributed by atoms with E-state index in [1.807, 2.05) is 6.20 Å². The van der Waals surface area contributed by atoms with Crippen LogP contribution in [0.4, 0.5) is 5.82 Å². The molecule has 0 radical (unpaired) electrons. The molecular formula is C16H17BrN2. The molecule has 0 bridgehead atoms. The molecule has 2 aromatic rings. The van der Waals surface area contributed by atoms with E-state index in [-0.39, 0.29) is 0 Å². The van der Waals surface area contributed by atoms with Crippen LogP contribution in [-0.4, -0.2) is 4.98 Å². The number of benzene rings is 1. The maximum absolute atomic E-state index is 4.45. The van der Waals surface area contributed by atoms with Crippen LogP contribution in [0.5, 0.6) is 0 Å². The Balaban J connectivity index is 1.86. The summed E-state index contributed by atoms with van der Waals surface area (Å²) in [6.45, 7) is 2.09. The van der Waals surface area contributed by atoms with Crippen molar-refractivity contribution in [1.29, 1.82) is 0 Å². The van der Waals surface area contributed by atoms with Gasteiger partial charge in [-0.3, -0.25) is 0 Å². The fourth-order valence-corrected chi connectivity index (χ4v) is 2.92. The summed E-state index contributed by atoms with van der Waals surface area (Å²) in [6, 6.07) is 11.2. The molecule has 98 valence electrons. The van der Waals surface area contributed by atoms with Gasteiger partial charge < -0.3 is 5.32 Å². The second-order valence-corrected chi connectivity index (χ2v) is 5.96. The summed E-state index contributed by atoms with van der Waals surface area (Å²) in [5, 5.41) is 3.57. The maximum atomic E-state index is 4.45. The highest BCUT2D eigenvalue weighted by Gasteiger charge is 2.19. The van der Waals surface area contributed by atoms with Gasteiger partial charge in [0.2, 0.25) is 0 Å². The van der Waals surface area contributed by atoms with Crippen molar-refractivity contribution in [2.24, 2.45) is 0 Å². The third-order valence-corrected chi connectivity index (χ3v) is 4.57. The topological polar surface area (TPSA) is 24.9 Å². The number of hydrogen-bond donors (Lipinski definition) is 1. The molecule has 2 nitrogen and oxygen atoms in total. The van der Waals surface area contributed by atoms with Crippen molar-refractivity contribution >= 4 is 21.7 Å². The van der Waals surface area contributed by atoms with Crippen molar-refractivity contribution in [3.05, 3.63) is 57.7 Å². The third kappa shape index (κ3) is 2.66. The second-order valence-electron chi connectivity index (χ2n) is 5.11. The first-order valence-corrected chi connectivity index (χ1v) is 7.50. The first-order chi connectivity index (χ1) is 9.24. The Hall–Kier alpha value is -1.35. The van der Waals surface area contributed by atoms with E-state index >= 15 is 0 Å². The van der Waals surface area contributed by atoms with Crippen LogP contribution in [0.25, 0.3) is 0 Å². The first-order valence-electron chi connectivity index (χ1n) is 6.70. The molecule has 1 aromatic heterocycles. The molecule has 0 saturated carbocycles. The monoisotopic (exact) mass is 316 g/mol. The number of halogens is 1. The van der Waals surface area contributed by atoms with Gasteiger partial charge >= 0.3 is 0 Å². The number of rotatable bonds is 2. The molecule has 1 aliphatic rings. The summed E-state index contributed by atoms with van der Waals surface area (Å²) in [4.78, 5) is 4.45. The molecule has 1 unspecified atom stereocenters. The fourth-order valence-electron chi connectivity index (χ4n) is 2.70. The molecule has 1 N–H and O–H groups in total. The average Bonchev–Trinajstić information content (AvgIpc) is 2.43. The summed E-state index contributed by atoms with van der Waals surface area (Å²) in [5.74, 6) is 0.961. The summed E-state index contributed by atoms with van der Waals surface area (Å²) in [6.07, 6.45) is 5.48. The molecule has 0 amide bonds. The number of aryl methyl sites for hydroxylation is 2. The van der Waals surface area contributed by atoms with Gasteiger partial charge in [-0.05, 0) is 64.9 Å². The van der Waals surface area contributed by atoms with Crippen LogP contribution in [0, 0.1) is 6.92 Å². The Morgan fingerprint density at radius 1 is 1.32 bits per heavy atom. The molecule has 0 saturated heterocycles. The Labute approximate surface area is 122 Å². The number of nitrogens with one attached hydrogen (secondary N) is 1. The van der Waals surface area contributed by atoms with Gasteiger partial charge in [0.15, 0.2) is 0 Å². The first kappa shape index (κ1) is 12.7. The minimum absolute atomic E-state index is 0.387. The van der Waals surface area contributed by atoms with Crippen molar-refractivity contribution < 1.29 is 0 Å². The summed E-state index contributed by atoms with van der Waals surface area (Å²) >= 11 is 3.49. The summed E-state index contributed by atoms with van der Waals surface area (Å²) in [7, 11) is 0.